The zero-order chi connectivity index (χ0) is 13.5. The van der Waals surface area contributed by atoms with Gasteiger partial charge in [0.2, 0.25) is 0 Å². The van der Waals surface area contributed by atoms with Gasteiger partial charge >= 0.3 is 0 Å². The second kappa shape index (κ2) is 4.20. The van der Waals surface area contributed by atoms with Crippen LogP contribution in [0.3, 0.4) is 0 Å². The number of hydrogen-bond acceptors (Lipinski definition) is 0. The largest absolute Gasteiger partial charge is 0.354 e. The molecule has 0 atom stereocenters. The van der Waals surface area contributed by atoms with Gasteiger partial charge in [0.05, 0.1) is 0 Å². The number of nitrogens with one attached hydrogen (secondary N) is 1. The van der Waals surface area contributed by atoms with E-state index < -0.39 is 0 Å². The Kier molecular flexibility index (Phi) is 2.36. The van der Waals surface area contributed by atoms with E-state index in [1.165, 1.54) is 6.07 Å². The summed E-state index contributed by atoms with van der Waals surface area (Å²) in [5.74, 6) is -0.207. The molecule has 0 spiro atoms. The smallest absolute Gasteiger partial charge is 0.123 e. The molecule has 0 saturated carbocycles. The fourth-order valence-electron chi connectivity index (χ4n) is 2.78. The van der Waals surface area contributed by atoms with Crippen molar-refractivity contribution in [3.05, 3.63) is 72.5 Å². The molecule has 0 radical (unpaired) electrons. The van der Waals surface area contributed by atoms with E-state index in [1.807, 2.05) is 30.3 Å². The van der Waals surface area contributed by atoms with Crippen molar-refractivity contribution in [3.8, 4) is 11.1 Å². The van der Waals surface area contributed by atoms with Crippen molar-refractivity contribution >= 4 is 21.8 Å². The molecule has 20 heavy (non-hydrogen) atoms. The topological polar surface area (TPSA) is 15.8 Å². The Hall–Kier alpha value is -2.61. The van der Waals surface area contributed by atoms with E-state index in [9.17, 15) is 4.39 Å². The van der Waals surface area contributed by atoms with Crippen LogP contribution in [0.2, 0.25) is 0 Å². The normalized spacial score (nSPS) is 11.2. The van der Waals surface area contributed by atoms with Crippen molar-refractivity contribution in [2.45, 2.75) is 0 Å². The Bertz CT molecular complexity index is 907. The van der Waals surface area contributed by atoms with Gasteiger partial charge in [0.1, 0.15) is 5.82 Å². The fraction of sp³-hybridized carbons (Fsp3) is 0. The van der Waals surface area contributed by atoms with Crippen LogP contribution in [0.4, 0.5) is 4.39 Å². The molecule has 2 heteroatoms. The quantitative estimate of drug-likeness (QED) is 0.489. The monoisotopic (exact) mass is 261 g/mol. The molecule has 96 valence electrons. The first-order chi connectivity index (χ1) is 9.83. The van der Waals surface area contributed by atoms with E-state index in [2.05, 4.69) is 23.2 Å². The SMILES string of the molecule is Fc1ccc2[nH]c3cccc(-c4ccccc4)c3c2c1. The Morgan fingerprint density at radius 2 is 1.60 bits per heavy atom. The number of aromatic amines is 1. The lowest BCUT2D eigenvalue weighted by molar-refractivity contribution is 0.630. The number of benzene rings is 3. The van der Waals surface area contributed by atoms with Crippen LogP contribution in [0.5, 0.6) is 0 Å². The van der Waals surface area contributed by atoms with Gasteiger partial charge in [-0.15, -0.1) is 0 Å². The third-order valence-corrected chi connectivity index (χ3v) is 3.67. The molecule has 4 aromatic rings. The standard InChI is InChI=1S/C18H12FN/c19-13-9-10-16-15(11-13)18-14(7-4-8-17(18)20-16)12-5-2-1-3-6-12/h1-11,20H. The van der Waals surface area contributed by atoms with Crippen molar-refractivity contribution < 1.29 is 4.39 Å². The van der Waals surface area contributed by atoms with Gasteiger partial charge in [-0.3, -0.25) is 0 Å². The number of H-pyrrole nitrogens is 1. The average Bonchev–Trinajstić information content (AvgIpc) is 2.86. The van der Waals surface area contributed by atoms with Gasteiger partial charge in [0, 0.05) is 21.8 Å². The highest BCUT2D eigenvalue weighted by Gasteiger charge is 2.10. The van der Waals surface area contributed by atoms with Gasteiger partial charge in [0.25, 0.3) is 0 Å². The summed E-state index contributed by atoms with van der Waals surface area (Å²) < 4.78 is 13.6. The predicted octanol–water partition coefficient (Wildman–Crippen LogP) is 5.13. The van der Waals surface area contributed by atoms with Gasteiger partial charge in [-0.2, -0.15) is 0 Å². The summed E-state index contributed by atoms with van der Waals surface area (Å²) in [4.78, 5) is 3.35. The Morgan fingerprint density at radius 3 is 2.45 bits per heavy atom. The van der Waals surface area contributed by atoms with Crippen LogP contribution < -0.4 is 0 Å². The van der Waals surface area contributed by atoms with Crippen molar-refractivity contribution in [1.29, 1.82) is 0 Å². The molecular formula is C18H12FN. The number of rotatable bonds is 1. The maximum atomic E-state index is 13.6. The molecule has 0 saturated heterocycles. The molecule has 1 heterocycles. The lowest BCUT2D eigenvalue weighted by atomic mass is 9.99. The maximum absolute atomic E-state index is 13.6. The Labute approximate surface area is 115 Å². The summed E-state index contributed by atoms with van der Waals surface area (Å²) in [6.07, 6.45) is 0. The van der Waals surface area contributed by atoms with Gasteiger partial charge in [-0.05, 0) is 35.4 Å². The molecule has 1 nitrogen and oxygen atoms in total. The first kappa shape index (κ1) is 11.2. The lowest BCUT2D eigenvalue weighted by Gasteiger charge is -2.04. The highest BCUT2D eigenvalue weighted by molar-refractivity contribution is 6.14. The number of aromatic nitrogens is 1. The number of hydrogen-bond donors (Lipinski definition) is 1. The van der Waals surface area contributed by atoms with Crippen LogP contribution in [0.15, 0.2) is 66.7 Å². The van der Waals surface area contributed by atoms with E-state index >= 15 is 0 Å². The fourth-order valence-corrected chi connectivity index (χ4v) is 2.78. The summed E-state index contributed by atoms with van der Waals surface area (Å²) in [6.45, 7) is 0. The Balaban J connectivity index is 2.16. The molecule has 0 unspecified atom stereocenters. The molecule has 0 amide bonds. The minimum atomic E-state index is -0.207. The van der Waals surface area contributed by atoms with Gasteiger partial charge in [-0.25, -0.2) is 4.39 Å². The van der Waals surface area contributed by atoms with Crippen LogP contribution in [0.25, 0.3) is 32.9 Å². The van der Waals surface area contributed by atoms with E-state index in [0.717, 1.165) is 32.9 Å². The second-order valence-corrected chi connectivity index (χ2v) is 4.91. The molecule has 1 aromatic heterocycles. The third-order valence-electron chi connectivity index (χ3n) is 3.67. The number of fused-ring (bicyclic) bond motifs is 3. The summed E-state index contributed by atoms with van der Waals surface area (Å²) in [6, 6.07) is 21.2. The zero-order valence-corrected chi connectivity index (χ0v) is 10.7. The lowest BCUT2D eigenvalue weighted by Crippen LogP contribution is -1.79. The Morgan fingerprint density at radius 1 is 0.750 bits per heavy atom. The van der Waals surface area contributed by atoms with Crippen LogP contribution in [-0.4, -0.2) is 4.98 Å². The molecule has 0 fully saturated rings. The maximum Gasteiger partial charge on any atom is 0.123 e. The molecule has 3 aromatic carbocycles. The van der Waals surface area contributed by atoms with Crippen molar-refractivity contribution in [2.24, 2.45) is 0 Å². The van der Waals surface area contributed by atoms with E-state index in [4.69, 9.17) is 0 Å². The van der Waals surface area contributed by atoms with Crippen LogP contribution >= 0.6 is 0 Å². The first-order valence-corrected chi connectivity index (χ1v) is 6.58. The molecule has 1 N–H and O–H groups in total. The zero-order valence-electron chi connectivity index (χ0n) is 10.7. The van der Waals surface area contributed by atoms with Crippen LogP contribution in [0.1, 0.15) is 0 Å². The molecular weight excluding hydrogens is 249 g/mol. The van der Waals surface area contributed by atoms with Crippen molar-refractivity contribution in [2.75, 3.05) is 0 Å². The second-order valence-electron chi connectivity index (χ2n) is 4.91. The summed E-state index contributed by atoms with van der Waals surface area (Å²) >= 11 is 0. The summed E-state index contributed by atoms with van der Waals surface area (Å²) in [5, 5.41) is 2.01. The summed E-state index contributed by atoms with van der Waals surface area (Å²) in [5.41, 5.74) is 4.26. The van der Waals surface area contributed by atoms with E-state index in [-0.39, 0.29) is 5.82 Å². The third kappa shape index (κ3) is 1.62. The average molecular weight is 261 g/mol. The minimum Gasteiger partial charge on any atom is -0.354 e. The van der Waals surface area contributed by atoms with Gasteiger partial charge in [0.15, 0.2) is 0 Å². The van der Waals surface area contributed by atoms with Gasteiger partial charge < -0.3 is 4.98 Å². The van der Waals surface area contributed by atoms with Gasteiger partial charge in [-0.1, -0.05) is 42.5 Å². The first-order valence-electron chi connectivity index (χ1n) is 6.58. The summed E-state index contributed by atoms with van der Waals surface area (Å²) in [7, 11) is 0. The molecule has 0 aliphatic heterocycles. The predicted molar refractivity (Wildman–Crippen MR) is 81.2 cm³/mol. The highest BCUT2D eigenvalue weighted by atomic mass is 19.1. The van der Waals surface area contributed by atoms with Crippen LogP contribution in [0, 0.1) is 5.82 Å². The highest BCUT2D eigenvalue weighted by Crippen LogP contribution is 2.34. The molecule has 0 bridgehead atoms. The minimum absolute atomic E-state index is 0.207. The van der Waals surface area contributed by atoms with E-state index in [1.54, 1.807) is 12.1 Å². The molecule has 4 rings (SSSR count). The molecule has 0 aliphatic carbocycles. The number of halogens is 1. The van der Waals surface area contributed by atoms with E-state index in [0.29, 0.717) is 0 Å². The van der Waals surface area contributed by atoms with Crippen LogP contribution in [-0.2, 0) is 0 Å². The molecule has 0 aliphatic rings. The van der Waals surface area contributed by atoms with Crippen molar-refractivity contribution in [3.63, 3.8) is 0 Å². The van der Waals surface area contributed by atoms with Crippen molar-refractivity contribution in [1.82, 2.24) is 4.98 Å².